The van der Waals surface area contributed by atoms with Crippen LogP contribution >= 0.6 is 15.9 Å². The molecule has 0 saturated carbocycles. The van der Waals surface area contributed by atoms with Crippen molar-refractivity contribution >= 4 is 15.9 Å². The van der Waals surface area contributed by atoms with E-state index in [4.69, 9.17) is 5.73 Å². The Balaban J connectivity index is 2.40. The summed E-state index contributed by atoms with van der Waals surface area (Å²) in [6.07, 6.45) is -0.145. The zero-order valence-electron chi connectivity index (χ0n) is 11.4. The average molecular weight is 362 g/mol. The Morgan fingerprint density at radius 3 is 2.71 bits per heavy atom. The van der Waals surface area contributed by atoms with Crippen LogP contribution in [0.15, 0.2) is 35.1 Å². The van der Waals surface area contributed by atoms with Gasteiger partial charge in [-0.15, -0.1) is 0 Å². The molecule has 3 nitrogen and oxygen atoms in total. The van der Waals surface area contributed by atoms with E-state index in [1.807, 2.05) is 11.5 Å². The van der Waals surface area contributed by atoms with Crippen LogP contribution in [-0.4, -0.2) is 9.55 Å². The molecule has 1 unspecified atom stereocenters. The number of hydrogen-bond donors (Lipinski definition) is 1. The minimum Gasteiger partial charge on any atom is -0.333 e. The van der Waals surface area contributed by atoms with Crippen molar-refractivity contribution in [1.82, 2.24) is 9.55 Å². The zero-order valence-corrected chi connectivity index (χ0v) is 12.9. The molecular weight excluding hydrogens is 347 g/mol. The molecule has 2 N–H and O–H groups in total. The fraction of sp³-hybridized carbons (Fsp3) is 0.357. The predicted octanol–water partition coefficient (Wildman–Crippen LogP) is 4.12. The lowest BCUT2D eigenvalue weighted by Gasteiger charge is -2.17. The van der Waals surface area contributed by atoms with Gasteiger partial charge in [-0.05, 0) is 24.1 Å². The lowest BCUT2D eigenvalue weighted by atomic mass is 10.0. The van der Waals surface area contributed by atoms with Crippen LogP contribution < -0.4 is 5.73 Å². The standard InChI is InChI=1S/C14H15BrF3N3/c1-2-6-21-7-5-20-13(21)12(19)9-3-4-11(15)10(8-9)14(16,17)18/h3-5,7-8,12H,2,6,19H2,1H3. The molecular formula is C14H15BrF3N3. The summed E-state index contributed by atoms with van der Waals surface area (Å²) in [5.41, 5.74) is 5.74. The molecule has 7 heteroatoms. The number of hydrogen-bond acceptors (Lipinski definition) is 2. The van der Waals surface area contributed by atoms with Crippen LogP contribution in [0.1, 0.15) is 36.3 Å². The number of rotatable bonds is 4. The van der Waals surface area contributed by atoms with Crippen molar-refractivity contribution in [1.29, 1.82) is 0 Å². The maximum Gasteiger partial charge on any atom is 0.417 e. The molecule has 0 aliphatic heterocycles. The second-order valence-electron chi connectivity index (χ2n) is 4.69. The number of aryl methyl sites for hydroxylation is 1. The second kappa shape index (κ2) is 6.19. The summed E-state index contributed by atoms with van der Waals surface area (Å²) in [6, 6.07) is 3.32. The van der Waals surface area contributed by atoms with Gasteiger partial charge in [-0.3, -0.25) is 0 Å². The number of nitrogens with two attached hydrogens (primary N) is 1. The molecule has 0 spiro atoms. The van der Waals surface area contributed by atoms with E-state index in [0.717, 1.165) is 19.0 Å². The maximum absolute atomic E-state index is 12.9. The third-order valence-electron chi connectivity index (χ3n) is 3.15. The summed E-state index contributed by atoms with van der Waals surface area (Å²) in [6.45, 7) is 2.74. The summed E-state index contributed by atoms with van der Waals surface area (Å²) < 4.78 is 40.7. The minimum absolute atomic E-state index is 0.00264. The van der Waals surface area contributed by atoms with Crippen molar-refractivity contribution in [3.63, 3.8) is 0 Å². The first-order chi connectivity index (χ1) is 9.84. The quantitative estimate of drug-likeness (QED) is 0.889. The smallest absolute Gasteiger partial charge is 0.333 e. The first-order valence-corrected chi connectivity index (χ1v) is 7.27. The summed E-state index contributed by atoms with van der Waals surface area (Å²) in [5, 5.41) is 0. The molecule has 1 aromatic heterocycles. The number of alkyl halides is 3. The molecule has 0 aliphatic carbocycles. The summed E-state index contributed by atoms with van der Waals surface area (Å²) in [5.74, 6) is 0.562. The van der Waals surface area contributed by atoms with Gasteiger partial charge in [-0.1, -0.05) is 28.9 Å². The number of halogens is 4. The van der Waals surface area contributed by atoms with Crippen molar-refractivity contribution < 1.29 is 13.2 Å². The molecule has 0 saturated heterocycles. The van der Waals surface area contributed by atoms with Crippen LogP contribution in [0.5, 0.6) is 0 Å². The number of aromatic nitrogens is 2. The van der Waals surface area contributed by atoms with Crippen LogP contribution in [0, 0.1) is 0 Å². The zero-order chi connectivity index (χ0) is 15.6. The summed E-state index contributed by atoms with van der Waals surface area (Å²) >= 11 is 2.92. The van der Waals surface area contributed by atoms with E-state index >= 15 is 0 Å². The second-order valence-corrected chi connectivity index (χ2v) is 5.55. The highest BCUT2D eigenvalue weighted by Gasteiger charge is 2.33. The highest BCUT2D eigenvalue weighted by Crippen LogP contribution is 2.36. The number of nitrogens with zero attached hydrogens (tertiary/aromatic N) is 2. The van der Waals surface area contributed by atoms with Crippen LogP contribution in [0.3, 0.4) is 0 Å². The Morgan fingerprint density at radius 1 is 1.38 bits per heavy atom. The van der Waals surface area contributed by atoms with Gasteiger partial charge in [0.05, 0.1) is 11.6 Å². The van der Waals surface area contributed by atoms with Crippen molar-refractivity contribution in [2.45, 2.75) is 32.1 Å². The largest absolute Gasteiger partial charge is 0.417 e. The summed E-state index contributed by atoms with van der Waals surface area (Å²) in [7, 11) is 0. The molecule has 0 bridgehead atoms. The first kappa shape index (κ1) is 16.0. The first-order valence-electron chi connectivity index (χ1n) is 6.47. The number of imidazole rings is 1. The van der Waals surface area contributed by atoms with E-state index in [0.29, 0.717) is 11.4 Å². The molecule has 0 radical (unpaired) electrons. The minimum atomic E-state index is -4.42. The Kier molecular flexibility index (Phi) is 4.73. The molecule has 1 atom stereocenters. The lowest BCUT2D eigenvalue weighted by molar-refractivity contribution is -0.138. The van der Waals surface area contributed by atoms with Crippen molar-refractivity contribution in [3.05, 3.63) is 52.0 Å². The van der Waals surface area contributed by atoms with Crippen molar-refractivity contribution in [2.24, 2.45) is 5.73 Å². The maximum atomic E-state index is 12.9. The summed E-state index contributed by atoms with van der Waals surface area (Å²) in [4.78, 5) is 4.17. The average Bonchev–Trinajstić information content (AvgIpc) is 2.86. The van der Waals surface area contributed by atoms with E-state index in [-0.39, 0.29) is 4.47 Å². The fourth-order valence-corrected chi connectivity index (χ4v) is 2.60. The monoisotopic (exact) mass is 361 g/mol. The van der Waals surface area contributed by atoms with Gasteiger partial charge in [0, 0.05) is 23.4 Å². The van der Waals surface area contributed by atoms with Gasteiger partial charge in [0.15, 0.2) is 0 Å². The van der Waals surface area contributed by atoms with Gasteiger partial charge in [0.1, 0.15) is 5.82 Å². The van der Waals surface area contributed by atoms with E-state index in [1.54, 1.807) is 18.5 Å². The van der Waals surface area contributed by atoms with Crippen molar-refractivity contribution in [3.8, 4) is 0 Å². The molecule has 0 fully saturated rings. The normalized spacial score (nSPS) is 13.4. The Labute approximate surface area is 129 Å². The van der Waals surface area contributed by atoms with Gasteiger partial charge >= 0.3 is 6.18 Å². The SMILES string of the molecule is CCCn1ccnc1C(N)c1ccc(Br)c(C(F)(F)F)c1. The molecule has 1 aromatic carbocycles. The molecule has 0 aliphatic rings. The van der Waals surface area contributed by atoms with Gasteiger partial charge < -0.3 is 10.3 Å². The molecule has 21 heavy (non-hydrogen) atoms. The van der Waals surface area contributed by atoms with Crippen LogP contribution in [0.4, 0.5) is 13.2 Å². The molecule has 2 aromatic rings. The Hall–Kier alpha value is -1.34. The molecule has 1 heterocycles. The number of benzene rings is 1. The van der Waals surface area contributed by atoms with E-state index < -0.39 is 17.8 Å². The Morgan fingerprint density at radius 2 is 2.10 bits per heavy atom. The highest BCUT2D eigenvalue weighted by molar-refractivity contribution is 9.10. The topological polar surface area (TPSA) is 43.8 Å². The van der Waals surface area contributed by atoms with E-state index in [2.05, 4.69) is 20.9 Å². The van der Waals surface area contributed by atoms with Crippen molar-refractivity contribution in [2.75, 3.05) is 0 Å². The third kappa shape index (κ3) is 3.47. The van der Waals surface area contributed by atoms with Gasteiger partial charge in [0.2, 0.25) is 0 Å². The fourth-order valence-electron chi connectivity index (χ4n) is 2.13. The van der Waals surface area contributed by atoms with E-state index in [9.17, 15) is 13.2 Å². The van der Waals surface area contributed by atoms with Gasteiger partial charge in [0.25, 0.3) is 0 Å². The van der Waals surface area contributed by atoms with Gasteiger partial charge in [-0.25, -0.2) is 4.98 Å². The van der Waals surface area contributed by atoms with Gasteiger partial charge in [-0.2, -0.15) is 13.2 Å². The predicted molar refractivity (Wildman–Crippen MR) is 77.7 cm³/mol. The molecule has 0 amide bonds. The van der Waals surface area contributed by atoms with Crippen LogP contribution in [-0.2, 0) is 12.7 Å². The molecule has 114 valence electrons. The van der Waals surface area contributed by atoms with E-state index in [1.165, 1.54) is 6.07 Å². The Bertz CT molecular complexity index is 622. The van der Waals surface area contributed by atoms with Crippen LogP contribution in [0.25, 0.3) is 0 Å². The lowest BCUT2D eigenvalue weighted by Crippen LogP contribution is -2.19. The molecule has 2 rings (SSSR count). The van der Waals surface area contributed by atoms with Crippen LogP contribution in [0.2, 0.25) is 0 Å². The highest BCUT2D eigenvalue weighted by atomic mass is 79.9. The third-order valence-corrected chi connectivity index (χ3v) is 3.84.